The molecule has 1 amide bonds. The Bertz CT molecular complexity index is 1120. The van der Waals surface area contributed by atoms with Crippen molar-refractivity contribution >= 4 is 32.4 Å². The van der Waals surface area contributed by atoms with Gasteiger partial charge >= 0.3 is 0 Å². The van der Waals surface area contributed by atoms with Gasteiger partial charge in [-0.3, -0.25) is 9.69 Å². The van der Waals surface area contributed by atoms with Gasteiger partial charge in [0.1, 0.15) is 5.82 Å². The zero-order valence-electron chi connectivity index (χ0n) is 20.0. The molecule has 1 aromatic carbocycles. The Morgan fingerprint density at radius 2 is 1.82 bits per heavy atom. The smallest absolute Gasteiger partial charge is 0.240 e. The summed E-state index contributed by atoms with van der Waals surface area (Å²) in [5.41, 5.74) is 0.639. The zero-order valence-corrected chi connectivity index (χ0v) is 21.6. The zero-order chi connectivity index (χ0) is 24.6. The lowest BCUT2D eigenvalue weighted by Gasteiger charge is -2.52. The highest BCUT2D eigenvalue weighted by molar-refractivity contribution is 7.88. The fourth-order valence-corrected chi connectivity index (χ4v) is 7.43. The van der Waals surface area contributed by atoms with Crippen LogP contribution in [0.15, 0.2) is 30.5 Å². The van der Waals surface area contributed by atoms with E-state index in [1.807, 2.05) is 13.8 Å². The first-order chi connectivity index (χ1) is 15.9. The van der Waals surface area contributed by atoms with Crippen LogP contribution in [-0.2, 0) is 21.2 Å². The number of aromatic nitrogens is 1. The summed E-state index contributed by atoms with van der Waals surface area (Å²) >= 11 is 1.42. The number of hydrogen-bond donors (Lipinski definition) is 1. The van der Waals surface area contributed by atoms with Crippen molar-refractivity contribution in [2.75, 3.05) is 37.8 Å². The maximum atomic E-state index is 13.1. The lowest BCUT2D eigenvalue weighted by atomic mass is 9.69. The summed E-state index contributed by atoms with van der Waals surface area (Å²) in [6, 6.07) is 6.38. The monoisotopic (exact) mass is 508 g/mol. The van der Waals surface area contributed by atoms with Crippen LogP contribution in [0.4, 0.5) is 9.52 Å². The number of thiazole rings is 1. The Hall–Kier alpha value is -1.88. The Labute approximate surface area is 205 Å². The second-order valence-electron chi connectivity index (χ2n) is 10.3. The Morgan fingerprint density at radius 1 is 1.15 bits per heavy atom. The molecule has 2 aliphatic heterocycles. The highest BCUT2D eigenvalue weighted by Gasteiger charge is 2.47. The van der Waals surface area contributed by atoms with Crippen molar-refractivity contribution in [3.8, 4) is 0 Å². The first-order valence-corrected chi connectivity index (χ1v) is 14.3. The number of benzene rings is 1. The third kappa shape index (κ3) is 6.02. The highest BCUT2D eigenvalue weighted by atomic mass is 32.2. The molecule has 0 unspecified atom stereocenters. The molecule has 2 aliphatic rings. The van der Waals surface area contributed by atoms with Gasteiger partial charge in [-0.15, -0.1) is 11.3 Å². The van der Waals surface area contributed by atoms with Crippen molar-refractivity contribution in [2.45, 2.75) is 51.5 Å². The molecular weight excluding hydrogens is 475 g/mol. The van der Waals surface area contributed by atoms with Gasteiger partial charge in [0.2, 0.25) is 15.9 Å². The molecule has 1 spiro atoms. The van der Waals surface area contributed by atoms with Gasteiger partial charge in [0.05, 0.1) is 12.8 Å². The molecule has 2 fully saturated rings. The van der Waals surface area contributed by atoms with E-state index in [-0.39, 0.29) is 22.7 Å². The van der Waals surface area contributed by atoms with E-state index in [1.54, 1.807) is 22.6 Å². The summed E-state index contributed by atoms with van der Waals surface area (Å²) < 4.78 is 39.5. The van der Waals surface area contributed by atoms with E-state index in [9.17, 15) is 17.6 Å². The standard InChI is InChI=1S/C24H33FN4O3S2/c1-23(2)8-9-24(17-29(23)34(3,31)32)10-12-28(13-11-24)16-21(30)27-22-26-15-20(33-22)14-18-4-6-19(25)7-5-18/h4-7,15H,8-14,16-17H2,1-3H3,(H,26,27,30). The lowest BCUT2D eigenvalue weighted by Crippen LogP contribution is -2.58. The fraction of sp³-hybridized carbons (Fsp3) is 0.583. The molecule has 0 saturated carbocycles. The molecule has 3 heterocycles. The van der Waals surface area contributed by atoms with E-state index in [1.165, 1.54) is 29.7 Å². The van der Waals surface area contributed by atoms with E-state index < -0.39 is 10.0 Å². The van der Waals surface area contributed by atoms with Crippen molar-refractivity contribution in [3.63, 3.8) is 0 Å². The summed E-state index contributed by atoms with van der Waals surface area (Å²) in [5.74, 6) is -0.356. The lowest BCUT2D eigenvalue weighted by molar-refractivity contribution is -0.118. The molecule has 34 heavy (non-hydrogen) atoms. The summed E-state index contributed by atoms with van der Waals surface area (Å²) in [7, 11) is -3.26. The molecule has 0 bridgehead atoms. The summed E-state index contributed by atoms with van der Waals surface area (Å²) in [5, 5.41) is 3.46. The molecule has 1 aromatic heterocycles. The normalized spacial score (nSPS) is 20.9. The van der Waals surface area contributed by atoms with Gasteiger partial charge in [-0.05, 0) is 75.7 Å². The number of rotatable bonds is 6. The maximum Gasteiger partial charge on any atom is 0.240 e. The van der Waals surface area contributed by atoms with Crippen LogP contribution < -0.4 is 5.32 Å². The number of nitrogens with one attached hydrogen (secondary N) is 1. The van der Waals surface area contributed by atoms with Gasteiger partial charge in [0.15, 0.2) is 5.13 Å². The molecule has 4 rings (SSSR count). The number of hydrogen-bond acceptors (Lipinski definition) is 6. The second-order valence-corrected chi connectivity index (χ2v) is 13.4. The summed E-state index contributed by atoms with van der Waals surface area (Å²) in [6.45, 7) is 6.42. The topological polar surface area (TPSA) is 82.6 Å². The number of halogens is 1. The molecule has 1 N–H and O–H groups in total. The molecule has 0 atom stereocenters. The largest absolute Gasteiger partial charge is 0.301 e. The predicted octanol–water partition coefficient (Wildman–Crippen LogP) is 3.73. The van der Waals surface area contributed by atoms with Crippen LogP contribution in [-0.4, -0.2) is 66.5 Å². The minimum absolute atomic E-state index is 0.00383. The number of nitrogens with zero attached hydrogens (tertiary/aromatic N) is 3. The fourth-order valence-electron chi connectivity index (χ4n) is 5.07. The van der Waals surface area contributed by atoms with E-state index in [2.05, 4.69) is 15.2 Å². The quantitative estimate of drug-likeness (QED) is 0.643. The molecular formula is C24H33FN4O3S2. The highest BCUT2D eigenvalue weighted by Crippen LogP contribution is 2.45. The SMILES string of the molecule is CC1(C)CCC2(CCN(CC(=O)Nc3ncc(Cc4ccc(F)cc4)s3)CC2)CN1S(C)(=O)=O. The number of piperidine rings is 2. The van der Waals surface area contributed by atoms with E-state index in [0.717, 1.165) is 49.2 Å². The number of carbonyl (C=O) groups excluding carboxylic acids is 1. The second kappa shape index (κ2) is 9.64. The number of amides is 1. The van der Waals surface area contributed by atoms with E-state index in [0.29, 0.717) is 24.6 Å². The van der Waals surface area contributed by atoms with Gasteiger partial charge in [0.25, 0.3) is 0 Å². The van der Waals surface area contributed by atoms with Crippen LogP contribution >= 0.6 is 11.3 Å². The molecule has 0 aliphatic carbocycles. The Kier molecular flexibility index (Phi) is 7.15. The van der Waals surface area contributed by atoms with Crippen LogP contribution in [0.2, 0.25) is 0 Å². The molecule has 0 radical (unpaired) electrons. The third-order valence-corrected chi connectivity index (χ3v) is 9.53. The van der Waals surface area contributed by atoms with E-state index >= 15 is 0 Å². The molecule has 7 nitrogen and oxygen atoms in total. The molecule has 2 aromatic rings. The Balaban J connectivity index is 1.27. The number of likely N-dealkylation sites (tertiary alicyclic amines) is 1. The maximum absolute atomic E-state index is 13.1. The van der Waals surface area contributed by atoms with E-state index in [4.69, 9.17) is 0 Å². The average Bonchev–Trinajstić information content (AvgIpc) is 3.19. The molecule has 10 heteroatoms. The van der Waals surface area contributed by atoms with Crippen LogP contribution in [0.1, 0.15) is 50.0 Å². The van der Waals surface area contributed by atoms with Crippen molar-refractivity contribution in [3.05, 3.63) is 46.7 Å². The van der Waals surface area contributed by atoms with Gasteiger partial charge < -0.3 is 5.32 Å². The first-order valence-electron chi connectivity index (χ1n) is 11.6. The first kappa shape index (κ1) is 25.2. The summed E-state index contributed by atoms with van der Waals surface area (Å²) in [4.78, 5) is 20.0. The molecule has 2 saturated heterocycles. The van der Waals surface area contributed by atoms with Crippen molar-refractivity contribution < 1.29 is 17.6 Å². The predicted molar refractivity (Wildman–Crippen MR) is 133 cm³/mol. The number of anilines is 1. The van der Waals surface area contributed by atoms with Crippen molar-refractivity contribution in [2.24, 2.45) is 5.41 Å². The molecule has 186 valence electrons. The minimum atomic E-state index is -3.26. The van der Waals surface area contributed by atoms with Crippen molar-refractivity contribution in [1.29, 1.82) is 0 Å². The van der Waals surface area contributed by atoms with Gasteiger partial charge in [-0.25, -0.2) is 17.8 Å². The van der Waals surface area contributed by atoms with Gasteiger partial charge in [0, 0.05) is 29.6 Å². The van der Waals surface area contributed by atoms with Gasteiger partial charge in [-0.1, -0.05) is 12.1 Å². The van der Waals surface area contributed by atoms with Crippen LogP contribution in [0.3, 0.4) is 0 Å². The van der Waals surface area contributed by atoms with Gasteiger partial charge in [-0.2, -0.15) is 4.31 Å². The average molecular weight is 509 g/mol. The van der Waals surface area contributed by atoms with Crippen LogP contribution in [0.5, 0.6) is 0 Å². The Morgan fingerprint density at radius 3 is 2.47 bits per heavy atom. The number of sulfonamides is 1. The minimum Gasteiger partial charge on any atom is -0.301 e. The third-order valence-electron chi connectivity index (χ3n) is 7.20. The number of carbonyl (C=O) groups is 1. The van der Waals surface area contributed by atoms with Crippen molar-refractivity contribution in [1.82, 2.24) is 14.2 Å². The van der Waals surface area contributed by atoms with Crippen LogP contribution in [0, 0.1) is 11.2 Å². The summed E-state index contributed by atoms with van der Waals surface area (Å²) in [6.07, 6.45) is 7.34. The van der Waals surface area contributed by atoms with Crippen LogP contribution in [0.25, 0.3) is 0 Å².